The van der Waals surface area contributed by atoms with Crippen molar-refractivity contribution in [1.29, 1.82) is 0 Å². The molecule has 0 saturated carbocycles. The van der Waals surface area contributed by atoms with E-state index in [1.54, 1.807) is 0 Å². The number of fused-ring (bicyclic) bond motifs is 1. The van der Waals surface area contributed by atoms with Gasteiger partial charge in [0.2, 0.25) is 5.91 Å². The number of amides is 1. The van der Waals surface area contributed by atoms with Gasteiger partial charge in [-0.1, -0.05) is 12.1 Å². The number of benzene rings is 1. The molecule has 0 bridgehead atoms. The van der Waals surface area contributed by atoms with Gasteiger partial charge in [0.15, 0.2) is 0 Å². The number of carboxylic acids is 1. The molecule has 1 aliphatic rings. The van der Waals surface area contributed by atoms with Gasteiger partial charge < -0.3 is 15.2 Å². The Morgan fingerprint density at radius 1 is 1.47 bits per heavy atom. The molecule has 19 heavy (non-hydrogen) atoms. The largest absolute Gasteiger partial charge is 0.493 e. The molecule has 0 aromatic heterocycles. The average molecular weight is 263 g/mol. The van der Waals surface area contributed by atoms with Crippen molar-refractivity contribution >= 4 is 11.9 Å². The van der Waals surface area contributed by atoms with Crippen molar-refractivity contribution in [2.75, 3.05) is 6.61 Å². The Bertz CT molecular complexity index is 482. The van der Waals surface area contributed by atoms with Gasteiger partial charge in [-0.15, -0.1) is 0 Å². The predicted octanol–water partition coefficient (Wildman–Crippen LogP) is 1.66. The molecule has 1 atom stereocenters. The minimum Gasteiger partial charge on any atom is -0.493 e. The zero-order valence-electron chi connectivity index (χ0n) is 10.8. The summed E-state index contributed by atoms with van der Waals surface area (Å²) in [7, 11) is 0. The lowest BCUT2D eigenvalue weighted by atomic mass is 9.97. The Labute approximate surface area is 111 Å². The third kappa shape index (κ3) is 3.47. The van der Waals surface area contributed by atoms with E-state index in [1.807, 2.05) is 18.2 Å². The number of carbonyl (C=O) groups excluding carboxylic acids is 1. The highest BCUT2D eigenvalue weighted by Crippen LogP contribution is 2.28. The molecule has 102 valence electrons. The molecule has 5 nitrogen and oxygen atoms in total. The molecular formula is C14H17NO4. The molecule has 0 spiro atoms. The van der Waals surface area contributed by atoms with Crippen LogP contribution in [0.4, 0.5) is 0 Å². The summed E-state index contributed by atoms with van der Waals surface area (Å²) >= 11 is 0. The van der Waals surface area contributed by atoms with Gasteiger partial charge in [0, 0.05) is 6.92 Å². The molecule has 1 aromatic carbocycles. The highest BCUT2D eigenvalue weighted by atomic mass is 16.5. The first-order chi connectivity index (χ1) is 9.06. The smallest absolute Gasteiger partial charge is 0.305 e. The molecule has 0 saturated heterocycles. The molecule has 0 radical (unpaired) electrons. The molecule has 1 unspecified atom stereocenters. The highest BCUT2D eigenvalue weighted by Gasteiger charge is 2.19. The fraction of sp³-hybridized carbons (Fsp3) is 0.429. The number of hydrogen-bond acceptors (Lipinski definition) is 3. The van der Waals surface area contributed by atoms with Crippen LogP contribution in [-0.4, -0.2) is 23.6 Å². The van der Waals surface area contributed by atoms with Crippen LogP contribution in [0, 0.1) is 0 Å². The van der Waals surface area contributed by atoms with E-state index in [-0.39, 0.29) is 12.3 Å². The van der Waals surface area contributed by atoms with Gasteiger partial charge in [-0.2, -0.15) is 0 Å². The number of rotatable bonds is 4. The van der Waals surface area contributed by atoms with E-state index in [0.717, 1.165) is 36.3 Å². The quantitative estimate of drug-likeness (QED) is 0.866. The van der Waals surface area contributed by atoms with Crippen LogP contribution in [0.3, 0.4) is 0 Å². The van der Waals surface area contributed by atoms with Crippen molar-refractivity contribution in [2.24, 2.45) is 0 Å². The van der Waals surface area contributed by atoms with Gasteiger partial charge in [-0.05, 0) is 30.0 Å². The number of nitrogens with one attached hydrogen (secondary N) is 1. The fourth-order valence-corrected chi connectivity index (χ4v) is 2.27. The molecule has 1 amide bonds. The number of hydrogen-bond donors (Lipinski definition) is 2. The number of ether oxygens (including phenoxy) is 1. The second-order valence-corrected chi connectivity index (χ2v) is 4.67. The molecule has 0 aliphatic carbocycles. The summed E-state index contributed by atoms with van der Waals surface area (Å²) in [5.74, 6) is -0.320. The minimum atomic E-state index is -0.937. The summed E-state index contributed by atoms with van der Waals surface area (Å²) in [6.45, 7) is 2.10. The molecule has 1 aliphatic heterocycles. The monoisotopic (exact) mass is 263 g/mol. The van der Waals surface area contributed by atoms with Crippen LogP contribution in [0.25, 0.3) is 0 Å². The van der Waals surface area contributed by atoms with Crippen molar-refractivity contribution in [3.8, 4) is 5.75 Å². The SMILES string of the molecule is CC(=O)NC(CC(=O)O)c1ccc2c(c1)CCCO2. The van der Waals surface area contributed by atoms with Crippen molar-refractivity contribution in [2.45, 2.75) is 32.2 Å². The number of carboxylic acid groups (broad SMARTS) is 1. The van der Waals surface area contributed by atoms with E-state index in [0.29, 0.717) is 0 Å². The maximum absolute atomic E-state index is 11.2. The molecule has 2 rings (SSSR count). The summed E-state index contributed by atoms with van der Waals surface area (Å²) in [4.78, 5) is 22.0. The molecule has 1 aromatic rings. The van der Waals surface area contributed by atoms with Gasteiger partial charge in [0.05, 0.1) is 19.1 Å². The molecule has 2 N–H and O–H groups in total. The Balaban J connectivity index is 2.25. The predicted molar refractivity (Wildman–Crippen MR) is 69.1 cm³/mol. The van der Waals surface area contributed by atoms with Crippen LogP contribution in [0.15, 0.2) is 18.2 Å². The molecular weight excluding hydrogens is 246 g/mol. The Kier molecular flexibility index (Phi) is 4.04. The standard InChI is InChI=1S/C14H17NO4/c1-9(16)15-12(8-14(17)18)10-4-5-13-11(7-10)3-2-6-19-13/h4-5,7,12H,2-3,6,8H2,1H3,(H,15,16)(H,17,18). The molecule has 5 heteroatoms. The Hall–Kier alpha value is -2.04. The van der Waals surface area contributed by atoms with Crippen molar-refractivity contribution in [3.05, 3.63) is 29.3 Å². The van der Waals surface area contributed by atoms with E-state index in [2.05, 4.69) is 5.32 Å². The maximum Gasteiger partial charge on any atom is 0.305 e. The first kappa shape index (κ1) is 13.4. The van der Waals surface area contributed by atoms with Gasteiger partial charge in [-0.25, -0.2) is 0 Å². The highest BCUT2D eigenvalue weighted by molar-refractivity contribution is 5.75. The molecule has 0 fully saturated rings. The van der Waals surface area contributed by atoms with Crippen LogP contribution < -0.4 is 10.1 Å². The molecule has 1 heterocycles. The number of carbonyl (C=O) groups is 2. The normalized spacial score (nSPS) is 15.0. The first-order valence-corrected chi connectivity index (χ1v) is 6.31. The summed E-state index contributed by atoms with van der Waals surface area (Å²) < 4.78 is 5.52. The topological polar surface area (TPSA) is 75.6 Å². The Morgan fingerprint density at radius 3 is 2.95 bits per heavy atom. The minimum absolute atomic E-state index is 0.126. The third-order valence-electron chi connectivity index (χ3n) is 3.09. The zero-order chi connectivity index (χ0) is 13.8. The lowest BCUT2D eigenvalue weighted by Gasteiger charge is -2.21. The van der Waals surface area contributed by atoms with Gasteiger partial charge in [0.25, 0.3) is 0 Å². The first-order valence-electron chi connectivity index (χ1n) is 6.31. The van der Waals surface area contributed by atoms with Crippen molar-refractivity contribution in [3.63, 3.8) is 0 Å². The number of aliphatic carboxylic acids is 1. The second-order valence-electron chi connectivity index (χ2n) is 4.67. The van der Waals surface area contributed by atoms with Gasteiger partial charge >= 0.3 is 5.97 Å². The summed E-state index contributed by atoms with van der Waals surface area (Å²) in [5, 5.41) is 11.6. The van der Waals surface area contributed by atoms with E-state index < -0.39 is 12.0 Å². The van der Waals surface area contributed by atoms with Crippen LogP contribution in [-0.2, 0) is 16.0 Å². The van der Waals surface area contributed by atoms with E-state index in [1.165, 1.54) is 6.92 Å². The van der Waals surface area contributed by atoms with Crippen LogP contribution in [0.2, 0.25) is 0 Å². The van der Waals surface area contributed by atoms with E-state index in [9.17, 15) is 9.59 Å². The van der Waals surface area contributed by atoms with Crippen LogP contribution >= 0.6 is 0 Å². The van der Waals surface area contributed by atoms with Crippen molar-refractivity contribution < 1.29 is 19.4 Å². The summed E-state index contributed by atoms with van der Waals surface area (Å²) in [6.07, 6.45) is 1.75. The van der Waals surface area contributed by atoms with Crippen LogP contribution in [0.5, 0.6) is 5.75 Å². The Morgan fingerprint density at radius 2 is 2.26 bits per heavy atom. The zero-order valence-corrected chi connectivity index (χ0v) is 10.8. The fourth-order valence-electron chi connectivity index (χ4n) is 2.27. The van der Waals surface area contributed by atoms with Gasteiger partial charge in [-0.3, -0.25) is 9.59 Å². The lowest BCUT2D eigenvalue weighted by Crippen LogP contribution is -2.28. The summed E-state index contributed by atoms with van der Waals surface area (Å²) in [6, 6.07) is 5.09. The van der Waals surface area contributed by atoms with Crippen molar-refractivity contribution in [1.82, 2.24) is 5.32 Å². The summed E-state index contributed by atoms with van der Waals surface area (Å²) in [5.41, 5.74) is 1.88. The second kappa shape index (κ2) is 5.73. The third-order valence-corrected chi connectivity index (χ3v) is 3.09. The van der Waals surface area contributed by atoms with E-state index >= 15 is 0 Å². The van der Waals surface area contributed by atoms with Gasteiger partial charge in [0.1, 0.15) is 5.75 Å². The van der Waals surface area contributed by atoms with E-state index in [4.69, 9.17) is 9.84 Å². The van der Waals surface area contributed by atoms with Crippen LogP contribution in [0.1, 0.15) is 36.9 Å². The average Bonchev–Trinajstić information content (AvgIpc) is 2.36. The number of aryl methyl sites for hydroxylation is 1. The maximum atomic E-state index is 11.2. The lowest BCUT2D eigenvalue weighted by molar-refractivity contribution is -0.137.